The number of hydrogen-bond donors (Lipinski definition) is 0. The molecule has 0 aliphatic rings. The Bertz CT molecular complexity index is 3640. The van der Waals surface area contributed by atoms with Crippen molar-refractivity contribution in [3.05, 3.63) is 279 Å². The third-order valence-corrected chi connectivity index (χ3v) is 14.2. The lowest BCUT2D eigenvalue weighted by molar-refractivity contribution is 1.28. The third kappa shape index (κ3) is 8.16. The molecule has 2 nitrogen and oxygen atoms in total. The molecule has 0 aliphatic heterocycles. The SMILES string of the molecule is c1ccc(-c2ccc(-c3cccc(-c4ccc5c(-c6cccc(N(c7ccccc7)c7ccccc7)c6)c6ccccc6c(-c6cccc(N(c7ccccc7)c7ccccc7)c6)c5c4)c3)s2)cc1. The van der Waals surface area contributed by atoms with Crippen molar-refractivity contribution in [3.8, 4) is 54.3 Å². The van der Waals surface area contributed by atoms with Crippen LogP contribution in [-0.4, -0.2) is 0 Å². The predicted octanol–water partition coefficient (Wildman–Crippen LogP) is 19.3. The molecule has 12 rings (SSSR count). The molecule has 1 heterocycles. The summed E-state index contributed by atoms with van der Waals surface area (Å²) in [4.78, 5) is 7.22. The number of nitrogens with zero attached hydrogens (tertiary/aromatic N) is 2. The molecule has 3 heteroatoms. The van der Waals surface area contributed by atoms with Gasteiger partial charge in [0.1, 0.15) is 0 Å². The first-order valence-electron chi connectivity index (χ1n) is 23.5. The van der Waals surface area contributed by atoms with Crippen LogP contribution in [0.2, 0.25) is 0 Å². The molecule has 1 aromatic heterocycles. The van der Waals surface area contributed by atoms with Crippen molar-refractivity contribution in [2.24, 2.45) is 0 Å². The standard InChI is InChI=1S/C66H46N2S/c1-6-21-47(22-7-1)63-41-42-64(69-63)50-24-18-23-48(43-50)49-39-40-61-62(46-49)66(52-26-20-36-58(45-52)68(55-31-12-4-13-32-55)56-33-14-5-15-34-56)60-38-17-16-37-59(60)65(61)51-25-19-35-57(44-51)67(53-27-8-2-9-28-53)54-29-10-3-11-30-54/h1-46H. The van der Waals surface area contributed by atoms with Crippen molar-refractivity contribution >= 4 is 67.0 Å². The van der Waals surface area contributed by atoms with E-state index in [9.17, 15) is 0 Å². The summed E-state index contributed by atoms with van der Waals surface area (Å²) < 4.78 is 0. The van der Waals surface area contributed by atoms with Crippen molar-refractivity contribution in [1.29, 1.82) is 0 Å². The van der Waals surface area contributed by atoms with E-state index >= 15 is 0 Å². The van der Waals surface area contributed by atoms with Gasteiger partial charge in [-0.15, -0.1) is 11.3 Å². The van der Waals surface area contributed by atoms with Crippen LogP contribution in [0.3, 0.4) is 0 Å². The van der Waals surface area contributed by atoms with Crippen LogP contribution in [0.4, 0.5) is 34.1 Å². The fourth-order valence-corrected chi connectivity index (χ4v) is 10.9. The van der Waals surface area contributed by atoms with Crippen LogP contribution < -0.4 is 9.80 Å². The first kappa shape index (κ1) is 41.7. The van der Waals surface area contributed by atoms with Gasteiger partial charge in [0.25, 0.3) is 0 Å². The first-order chi connectivity index (χ1) is 34.2. The topological polar surface area (TPSA) is 6.48 Å². The minimum Gasteiger partial charge on any atom is -0.310 e. The van der Waals surface area contributed by atoms with Crippen LogP contribution in [0.25, 0.3) is 75.8 Å². The Morgan fingerprint density at radius 3 is 1.06 bits per heavy atom. The molecule has 0 saturated heterocycles. The molecule has 0 aliphatic carbocycles. The fourth-order valence-electron chi connectivity index (χ4n) is 9.89. The molecular weight excluding hydrogens is 853 g/mol. The van der Waals surface area contributed by atoms with Crippen LogP contribution in [0.5, 0.6) is 0 Å². The summed E-state index contributed by atoms with van der Waals surface area (Å²) in [5.74, 6) is 0. The molecule has 0 radical (unpaired) electrons. The number of fused-ring (bicyclic) bond motifs is 2. The summed E-state index contributed by atoms with van der Waals surface area (Å²) in [6, 6.07) is 101. The Kier molecular flexibility index (Phi) is 11.2. The molecule has 0 unspecified atom stereocenters. The maximum atomic E-state index is 2.44. The molecule has 0 spiro atoms. The van der Waals surface area contributed by atoms with E-state index in [2.05, 4.69) is 289 Å². The monoisotopic (exact) mass is 898 g/mol. The van der Waals surface area contributed by atoms with Crippen molar-refractivity contribution in [3.63, 3.8) is 0 Å². The van der Waals surface area contributed by atoms with Crippen LogP contribution >= 0.6 is 11.3 Å². The molecule has 0 bridgehead atoms. The second kappa shape index (κ2) is 18.5. The van der Waals surface area contributed by atoms with E-state index < -0.39 is 0 Å². The number of hydrogen-bond acceptors (Lipinski definition) is 3. The van der Waals surface area contributed by atoms with Crippen molar-refractivity contribution < 1.29 is 0 Å². The lowest BCUT2D eigenvalue weighted by Gasteiger charge is -2.27. The number of anilines is 6. The Hall–Kier alpha value is -8.76. The zero-order valence-electron chi connectivity index (χ0n) is 37.9. The number of thiophene rings is 1. The van der Waals surface area contributed by atoms with Crippen LogP contribution in [0.1, 0.15) is 0 Å². The number of para-hydroxylation sites is 4. The fraction of sp³-hybridized carbons (Fsp3) is 0. The van der Waals surface area contributed by atoms with E-state index in [1.807, 2.05) is 11.3 Å². The summed E-state index contributed by atoms with van der Waals surface area (Å²) in [6.07, 6.45) is 0. The highest BCUT2D eigenvalue weighted by Gasteiger charge is 2.21. The highest BCUT2D eigenvalue weighted by molar-refractivity contribution is 7.18. The molecule has 11 aromatic carbocycles. The van der Waals surface area contributed by atoms with Crippen LogP contribution in [0, 0.1) is 0 Å². The van der Waals surface area contributed by atoms with Gasteiger partial charge >= 0.3 is 0 Å². The Balaban J connectivity index is 1.07. The van der Waals surface area contributed by atoms with E-state index in [1.54, 1.807) is 0 Å². The lowest BCUT2D eigenvalue weighted by atomic mass is 9.84. The van der Waals surface area contributed by atoms with E-state index in [-0.39, 0.29) is 0 Å². The highest BCUT2D eigenvalue weighted by atomic mass is 32.1. The molecule has 12 aromatic rings. The quantitative estimate of drug-likeness (QED) is 0.119. The van der Waals surface area contributed by atoms with Gasteiger partial charge < -0.3 is 9.80 Å². The van der Waals surface area contributed by atoms with E-state index in [0.717, 1.165) is 45.3 Å². The smallest absolute Gasteiger partial charge is 0.0467 e. The van der Waals surface area contributed by atoms with Gasteiger partial charge in [-0.05, 0) is 163 Å². The van der Waals surface area contributed by atoms with E-state index in [0.29, 0.717) is 0 Å². The molecular formula is C66H46N2S. The molecule has 69 heavy (non-hydrogen) atoms. The van der Waals surface area contributed by atoms with Gasteiger partial charge in [-0.25, -0.2) is 0 Å². The highest BCUT2D eigenvalue weighted by Crippen LogP contribution is 2.48. The lowest BCUT2D eigenvalue weighted by Crippen LogP contribution is -2.09. The Morgan fingerprint density at radius 1 is 0.203 bits per heavy atom. The van der Waals surface area contributed by atoms with Gasteiger partial charge in [-0.2, -0.15) is 0 Å². The van der Waals surface area contributed by atoms with E-state index in [1.165, 1.54) is 64.7 Å². The second-order valence-electron chi connectivity index (χ2n) is 17.3. The molecule has 0 N–H and O–H groups in total. The average molecular weight is 899 g/mol. The van der Waals surface area contributed by atoms with E-state index in [4.69, 9.17) is 0 Å². The van der Waals surface area contributed by atoms with Gasteiger partial charge in [0.2, 0.25) is 0 Å². The largest absolute Gasteiger partial charge is 0.310 e. The molecule has 0 atom stereocenters. The van der Waals surface area contributed by atoms with Crippen molar-refractivity contribution in [2.45, 2.75) is 0 Å². The summed E-state index contributed by atoms with van der Waals surface area (Å²) in [7, 11) is 0. The number of rotatable bonds is 11. The maximum Gasteiger partial charge on any atom is 0.0467 e. The first-order valence-corrected chi connectivity index (χ1v) is 24.3. The van der Waals surface area contributed by atoms with Gasteiger partial charge in [0, 0.05) is 43.9 Å². The summed E-state index contributed by atoms with van der Waals surface area (Å²) in [5.41, 5.74) is 16.2. The average Bonchev–Trinajstić information content (AvgIpc) is 3.93. The zero-order chi connectivity index (χ0) is 45.9. The maximum absolute atomic E-state index is 2.44. The Labute approximate surface area is 407 Å². The van der Waals surface area contributed by atoms with Gasteiger partial charge in [-0.1, -0.05) is 182 Å². The van der Waals surface area contributed by atoms with Gasteiger partial charge in [0.05, 0.1) is 0 Å². The van der Waals surface area contributed by atoms with Gasteiger partial charge in [-0.3, -0.25) is 0 Å². The van der Waals surface area contributed by atoms with Crippen molar-refractivity contribution in [2.75, 3.05) is 9.80 Å². The predicted molar refractivity (Wildman–Crippen MR) is 296 cm³/mol. The summed E-state index contributed by atoms with van der Waals surface area (Å²) in [6.45, 7) is 0. The number of benzene rings is 11. The van der Waals surface area contributed by atoms with Crippen molar-refractivity contribution in [1.82, 2.24) is 0 Å². The normalized spacial score (nSPS) is 11.2. The molecule has 0 saturated carbocycles. The summed E-state index contributed by atoms with van der Waals surface area (Å²) in [5, 5.41) is 4.81. The zero-order valence-corrected chi connectivity index (χ0v) is 38.7. The van der Waals surface area contributed by atoms with Crippen LogP contribution in [0.15, 0.2) is 279 Å². The minimum absolute atomic E-state index is 1.09. The summed E-state index contributed by atoms with van der Waals surface area (Å²) >= 11 is 1.84. The molecule has 326 valence electrons. The van der Waals surface area contributed by atoms with Gasteiger partial charge in [0.15, 0.2) is 0 Å². The molecule has 0 amide bonds. The minimum atomic E-state index is 1.09. The third-order valence-electron chi connectivity index (χ3n) is 13.0. The Morgan fingerprint density at radius 2 is 0.551 bits per heavy atom. The van der Waals surface area contributed by atoms with Crippen LogP contribution in [-0.2, 0) is 0 Å². The second-order valence-corrected chi connectivity index (χ2v) is 18.4. The molecule has 0 fully saturated rings.